The largest absolute Gasteiger partial charge is 0.497 e. The van der Waals surface area contributed by atoms with Gasteiger partial charge in [-0.15, -0.1) is 0 Å². The van der Waals surface area contributed by atoms with E-state index in [1.807, 2.05) is 50.2 Å². The van der Waals surface area contributed by atoms with Gasteiger partial charge in [-0.2, -0.15) is 0 Å². The zero-order chi connectivity index (χ0) is 17.9. The van der Waals surface area contributed by atoms with Gasteiger partial charge in [0, 0.05) is 24.5 Å². The molecule has 3 rings (SSSR count). The maximum absolute atomic E-state index is 12.8. The number of carbonyl (C=O) groups is 1. The molecule has 132 valence electrons. The normalized spacial score (nSPS) is 14.4. The lowest BCUT2D eigenvalue weighted by Crippen LogP contribution is -2.34. The van der Waals surface area contributed by atoms with Gasteiger partial charge < -0.3 is 15.0 Å². The van der Waals surface area contributed by atoms with Crippen LogP contribution in [0.5, 0.6) is 5.75 Å². The first kappa shape index (κ1) is 17.3. The summed E-state index contributed by atoms with van der Waals surface area (Å²) in [6, 6.07) is 15.8. The topological polar surface area (TPSA) is 41.6 Å². The van der Waals surface area contributed by atoms with Crippen molar-refractivity contribution < 1.29 is 9.53 Å². The number of anilines is 2. The highest BCUT2D eigenvalue weighted by Crippen LogP contribution is 2.28. The first-order valence-electron chi connectivity index (χ1n) is 8.82. The minimum Gasteiger partial charge on any atom is -0.497 e. The number of methoxy groups -OCH3 is 1. The van der Waals surface area contributed by atoms with Crippen molar-refractivity contribution >= 4 is 17.3 Å². The van der Waals surface area contributed by atoms with E-state index in [0.717, 1.165) is 30.1 Å². The van der Waals surface area contributed by atoms with Crippen molar-refractivity contribution in [2.75, 3.05) is 30.4 Å². The van der Waals surface area contributed by atoms with Gasteiger partial charge in [-0.25, -0.2) is 0 Å². The van der Waals surface area contributed by atoms with Crippen molar-refractivity contribution in [3.8, 4) is 5.75 Å². The molecule has 0 aliphatic carbocycles. The Bertz CT molecular complexity index is 715. The van der Waals surface area contributed by atoms with E-state index in [4.69, 9.17) is 4.74 Å². The zero-order valence-electron chi connectivity index (χ0n) is 15.2. The molecule has 1 aliphatic rings. The van der Waals surface area contributed by atoms with Gasteiger partial charge in [0.15, 0.2) is 0 Å². The van der Waals surface area contributed by atoms with Crippen LogP contribution in [0.15, 0.2) is 48.5 Å². The van der Waals surface area contributed by atoms with Crippen LogP contribution in [0.25, 0.3) is 0 Å². The molecule has 4 nitrogen and oxygen atoms in total. The first-order chi connectivity index (χ1) is 12.0. The molecule has 1 fully saturated rings. The fourth-order valence-corrected chi connectivity index (χ4v) is 3.16. The van der Waals surface area contributed by atoms with E-state index in [0.29, 0.717) is 0 Å². The molecule has 1 N–H and O–H groups in total. The molecule has 0 saturated carbocycles. The molecule has 1 saturated heterocycles. The molecule has 0 radical (unpaired) electrons. The molecule has 0 aromatic heterocycles. The second-order valence-corrected chi connectivity index (χ2v) is 7.05. The summed E-state index contributed by atoms with van der Waals surface area (Å²) in [5.74, 6) is 0.768. The average molecular weight is 338 g/mol. The number of nitrogens with zero attached hydrogens (tertiary/aromatic N) is 1. The predicted molar refractivity (Wildman–Crippen MR) is 103 cm³/mol. The highest BCUT2D eigenvalue weighted by Gasteiger charge is 2.29. The van der Waals surface area contributed by atoms with Gasteiger partial charge in [0.2, 0.25) is 5.91 Å². The van der Waals surface area contributed by atoms with Crippen LogP contribution >= 0.6 is 0 Å². The third-order valence-corrected chi connectivity index (χ3v) is 4.98. The lowest BCUT2D eigenvalue weighted by atomic mass is 9.83. The number of benzene rings is 2. The minimum atomic E-state index is -0.625. The van der Waals surface area contributed by atoms with Gasteiger partial charge in [0.1, 0.15) is 5.75 Å². The Morgan fingerprint density at radius 3 is 2.16 bits per heavy atom. The summed E-state index contributed by atoms with van der Waals surface area (Å²) in [7, 11) is 1.64. The maximum Gasteiger partial charge on any atom is 0.234 e. The third-order valence-electron chi connectivity index (χ3n) is 4.98. The second kappa shape index (κ2) is 7.18. The molecule has 0 atom stereocenters. The van der Waals surface area contributed by atoms with Crippen molar-refractivity contribution in [1.29, 1.82) is 0 Å². The fourth-order valence-electron chi connectivity index (χ4n) is 3.16. The molecule has 1 amide bonds. The third kappa shape index (κ3) is 3.78. The van der Waals surface area contributed by atoms with Gasteiger partial charge in [0.05, 0.1) is 12.5 Å². The van der Waals surface area contributed by atoms with Crippen LogP contribution in [0.2, 0.25) is 0 Å². The number of rotatable bonds is 5. The summed E-state index contributed by atoms with van der Waals surface area (Å²) in [5, 5.41) is 3.04. The van der Waals surface area contributed by atoms with Crippen molar-refractivity contribution in [2.24, 2.45) is 0 Å². The number of hydrogen-bond donors (Lipinski definition) is 1. The number of amides is 1. The molecule has 1 aliphatic heterocycles. The van der Waals surface area contributed by atoms with E-state index in [2.05, 4.69) is 22.3 Å². The Balaban J connectivity index is 1.69. The molecule has 0 spiro atoms. The molecule has 1 heterocycles. The monoisotopic (exact) mass is 338 g/mol. The fraction of sp³-hybridized carbons (Fsp3) is 0.381. The van der Waals surface area contributed by atoms with Crippen LogP contribution in [0.4, 0.5) is 11.4 Å². The summed E-state index contributed by atoms with van der Waals surface area (Å²) < 4.78 is 5.19. The smallest absolute Gasteiger partial charge is 0.234 e. The summed E-state index contributed by atoms with van der Waals surface area (Å²) >= 11 is 0. The van der Waals surface area contributed by atoms with Gasteiger partial charge >= 0.3 is 0 Å². The Morgan fingerprint density at radius 1 is 1.00 bits per heavy atom. The van der Waals surface area contributed by atoms with Crippen LogP contribution in [0, 0.1) is 0 Å². The summed E-state index contributed by atoms with van der Waals surface area (Å²) in [6.45, 7) is 6.11. The van der Waals surface area contributed by atoms with Crippen molar-refractivity contribution in [2.45, 2.75) is 32.1 Å². The van der Waals surface area contributed by atoms with Crippen LogP contribution in [0.3, 0.4) is 0 Å². The molecule has 0 unspecified atom stereocenters. The van der Waals surface area contributed by atoms with Crippen LogP contribution in [0.1, 0.15) is 32.3 Å². The summed E-state index contributed by atoms with van der Waals surface area (Å²) in [4.78, 5) is 15.2. The summed E-state index contributed by atoms with van der Waals surface area (Å²) in [5.41, 5.74) is 2.39. The number of carbonyl (C=O) groups excluding carboxylic acids is 1. The second-order valence-electron chi connectivity index (χ2n) is 7.05. The van der Waals surface area contributed by atoms with Crippen molar-refractivity contribution in [1.82, 2.24) is 0 Å². The molecule has 4 heteroatoms. The lowest BCUT2D eigenvalue weighted by molar-refractivity contribution is -0.120. The van der Waals surface area contributed by atoms with Gasteiger partial charge in [-0.3, -0.25) is 4.79 Å². The molecule has 2 aromatic carbocycles. The summed E-state index contributed by atoms with van der Waals surface area (Å²) in [6.07, 6.45) is 2.52. The van der Waals surface area contributed by atoms with E-state index in [-0.39, 0.29) is 5.91 Å². The van der Waals surface area contributed by atoms with Crippen molar-refractivity contribution in [3.05, 3.63) is 54.1 Å². The zero-order valence-corrected chi connectivity index (χ0v) is 15.2. The Kier molecular flexibility index (Phi) is 4.98. The number of hydrogen-bond acceptors (Lipinski definition) is 3. The van der Waals surface area contributed by atoms with Crippen LogP contribution in [-0.4, -0.2) is 26.1 Å². The van der Waals surface area contributed by atoms with Crippen LogP contribution in [-0.2, 0) is 10.2 Å². The predicted octanol–water partition coefficient (Wildman–Crippen LogP) is 4.21. The minimum absolute atomic E-state index is 0.0217. The number of ether oxygens (including phenoxy) is 1. The van der Waals surface area contributed by atoms with Gasteiger partial charge in [-0.05, 0) is 68.7 Å². The van der Waals surface area contributed by atoms with E-state index < -0.39 is 5.41 Å². The highest BCUT2D eigenvalue weighted by molar-refractivity contribution is 5.98. The Morgan fingerprint density at radius 2 is 1.60 bits per heavy atom. The number of nitrogens with one attached hydrogen (secondary N) is 1. The van der Waals surface area contributed by atoms with E-state index in [9.17, 15) is 4.79 Å². The standard InChI is InChI=1S/C21H26N2O2/c1-21(2,16-6-12-19(25-3)13-7-16)20(24)22-17-8-10-18(11-9-17)23-14-4-5-15-23/h6-13H,4-5,14-15H2,1-3H3,(H,22,24). The van der Waals surface area contributed by atoms with Gasteiger partial charge in [-0.1, -0.05) is 12.1 Å². The SMILES string of the molecule is COc1ccc(C(C)(C)C(=O)Nc2ccc(N3CCCC3)cc2)cc1. The van der Waals surface area contributed by atoms with Gasteiger partial charge in [0.25, 0.3) is 0 Å². The molecular weight excluding hydrogens is 312 g/mol. The Labute approximate surface area is 149 Å². The molecule has 0 bridgehead atoms. The molecule has 25 heavy (non-hydrogen) atoms. The maximum atomic E-state index is 12.8. The van der Waals surface area contributed by atoms with Crippen molar-refractivity contribution in [3.63, 3.8) is 0 Å². The highest BCUT2D eigenvalue weighted by atomic mass is 16.5. The van der Waals surface area contributed by atoms with E-state index in [1.54, 1.807) is 7.11 Å². The van der Waals surface area contributed by atoms with Crippen LogP contribution < -0.4 is 15.0 Å². The molecule has 2 aromatic rings. The van der Waals surface area contributed by atoms with E-state index >= 15 is 0 Å². The van der Waals surface area contributed by atoms with E-state index in [1.165, 1.54) is 18.5 Å². The first-order valence-corrected chi connectivity index (χ1v) is 8.82. The lowest BCUT2D eigenvalue weighted by Gasteiger charge is -2.25. The Hall–Kier alpha value is -2.49. The quantitative estimate of drug-likeness (QED) is 0.888. The average Bonchev–Trinajstić information content (AvgIpc) is 3.17. The molecular formula is C21H26N2O2.